The molecule has 184 valence electrons. The Labute approximate surface area is 196 Å². The minimum absolute atomic E-state index is 0.186. The molecule has 2 aliphatic rings. The SMILES string of the molecule is COc1cc2c(cc1OC)[C@H]1C[C@@H](COC(=O)NC(C)(C)C(=O)O)[C@H](CC(C)C)CN1CC2. The van der Waals surface area contributed by atoms with E-state index in [2.05, 4.69) is 36.2 Å². The van der Waals surface area contributed by atoms with E-state index in [1.165, 1.54) is 25.0 Å². The molecule has 1 fully saturated rings. The van der Waals surface area contributed by atoms with Crippen LogP contribution in [0.15, 0.2) is 12.1 Å². The average molecular weight is 463 g/mol. The summed E-state index contributed by atoms with van der Waals surface area (Å²) in [5.74, 6) is 1.50. The van der Waals surface area contributed by atoms with Gasteiger partial charge in [-0.3, -0.25) is 4.90 Å². The summed E-state index contributed by atoms with van der Waals surface area (Å²) < 4.78 is 16.6. The Kier molecular flexibility index (Phi) is 7.77. The number of hydrogen-bond donors (Lipinski definition) is 2. The first-order valence-corrected chi connectivity index (χ1v) is 11.7. The molecule has 2 N–H and O–H groups in total. The zero-order valence-corrected chi connectivity index (χ0v) is 20.6. The third-order valence-corrected chi connectivity index (χ3v) is 6.93. The number of rotatable bonds is 8. The Bertz CT molecular complexity index is 869. The van der Waals surface area contributed by atoms with Crippen LogP contribution < -0.4 is 14.8 Å². The van der Waals surface area contributed by atoms with Gasteiger partial charge in [0.2, 0.25) is 0 Å². The van der Waals surface area contributed by atoms with E-state index in [1.54, 1.807) is 14.2 Å². The van der Waals surface area contributed by atoms with Crippen LogP contribution in [0.5, 0.6) is 11.5 Å². The average Bonchev–Trinajstić information content (AvgIpc) is 2.75. The molecule has 1 amide bonds. The predicted molar refractivity (Wildman–Crippen MR) is 125 cm³/mol. The molecule has 2 aliphatic heterocycles. The molecule has 0 aromatic heterocycles. The van der Waals surface area contributed by atoms with Crippen LogP contribution in [0.1, 0.15) is 57.7 Å². The van der Waals surface area contributed by atoms with E-state index in [0.29, 0.717) is 11.8 Å². The highest BCUT2D eigenvalue weighted by molar-refractivity contribution is 5.83. The number of benzene rings is 1. The van der Waals surface area contributed by atoms with E-state index in [0.717, 1.165) is 43.9 Å². The molecule has 1 aromatic carbocycles. The molecule has 0 bridgehead atoms. The van der Waals surface area contributed by atoms with Gasteiger partial charge in [0.25, 0.3) is 0 Å². The minimum atomic E-state index is -1.38. The van der Waals surface area contributed by atoms with Gasteiger partial charge in [0.1, 0.15) is 5.54 Å². The number of carbonyl (C=O) groups excluding carboxylic acids is 1. The Morgan fingerprint density at radius 2 is 1.85 bits per heavy atom. The monoisotopic (exact) mass is 462 g/mol. The first-order valence-electron chi connectivity index (χ1n) is 11.7. The number of carboxylic acids is 1. The lowest BCUT2D eigenvalue weighted by molar-refractivity contribution is -0.143. The number of carboxylic acid groups (broad SMARTS) is 1. The van der Waals surface area contributed by atoms with Crippen molar-refractivity contribution in [3.63, 3.8) is 0 Å². The third-order valence-electron chi connectivity index (χ3n) is 6.93. The number of alkyl carbamates (subject to hydrolysis) is 1. The van der Waals surface area contributed by atoms with Crippen LogP contribution in [0.25, 0.3) is 0 Å². The zero-order chi connectivity index (χ0) is 24.3. The van der Waals surface area contributed by atoms with Crippen molar-refractivity contribution in [2.45, 2.75) is 58.5 Å². The lowest BCUT2D eigenvalue weighted by Gasteiger charge is -2.47. The van der Waals surface area contributed by atoms with Crippen molar-refractivity contribution in [3.8, 4) is 11.5 Å². The molecular formula is C25H38N2O6. The number of methoxy groups -OCH3 is 2. The molecule has 0 saturated carbocycles. The van der Waals surface area contributed by atoms with Crippen molar-refractivity contribution < 1.29 is 28.9 Å². The molecule has 0 unspecified atom stereocenters. The van der Waals surface area contributed by atoms with Crippen molar-refractivity contribution in [1.82, 2.24) is 10.2 Å². The molecule has 3 rings (SSSR count). The Morgan fingerprint density at radius 1 is 1.18 bits per heavy atom. The first kappa shape index (κ1) is 25.1. The third kappa shape index (κ3) is 5.72. The van der Waals surface area contributed by atoms with Crippen LogP contribution >= 0.6 is 0 Å². The van der Waals surface area contributed by atoms with Gasteiger partial charge in [0.15, 0.2) is 11.5 Å². The molecule has 2 heterocycles. The summed E-state index contributed by atoms with van der Waals surface area (Å²) in [6.45, 7) is 9.53. The van der Waals surface area contributed by atoms with E-state index in [1.807, 2.05) is 0 Å². The van der Waals surface area contributed by atoms with Crippen LogP contribution in [0.2, 0.25) is 0 Å². The van der Waals surface area contributed by atoms with E-state index in [4.69, 9.17) is 14.2 Å². The van der Waals surface area contributed by atoms with E-state index < -0.39 is 17.6 Å². The van der Waals surface area contributed by atoms with Crippen LogP contribution in [0.4, 0.5) is 4.79 Å². The van der Waals surface area contributed by atoms with Gasteiger partial charge >= 0.3 is 12.1 Å². The van der Waals surface area contributed by atoms with Gasteiger partial charge in [-0.25, -0.2) is 9.59 Å². The minimum Gasteiger partial charge on any atom is -0.493 e. The lowest BCUT2D eigenvalue weighted by atomic mass is 9.74. The fourth-order valence-electron chi connectivity index (χ4n) is 5.11. The van der Waals surface area contributed by atoms with Gasteiger partial charge in [-0.1, -0.05) is 13.8 Å². The smallest absolute Gasteiger partial charge is 0.408 e. The van der Waals surface area contributed by atoms with Crippen molar-refractivity contribution in [1.29, 1.82) is 0 Å². The first-order chi connectivity index (χ1) is 15.6. The summed E-state index contributed by atoms with van der Waals surface area (Å²) in [5, 5.41) is 11.7. The number of piperidine rings is 1. The molecule has 1 saturated heterocycles. The second kappa shape index (κ2) is 10.2. The van der Waals surface area contributed by atoms with E-state index >= 15 is 0 Å². The summed E-state index contributed by atoms with van der Waals surface area (Å²) in [7, 11) is 3.30. The van der Waals surface area contributed by atoms with E-state index in [-0.39, 0.29) is 18.6 Å². The van der Waals surface area contributed by atoms with Crippen LogP contribution in [0.3, 0.4) is 0 Å². The maximum Gasteiger partial charge on any atom is 0.408 e. The second-order valence-electron chi connectivity index (χ2n) is 10.2. The zero-order valence-electron chi connectivity index (χ0n) is 20.6. The fraction of sp³-hybridized carbons (Fsp3) is 0.680. The van der Waals surface area contributed by atoms with E-state index in [9.17, 15) is 14.7 Å². The highest BCUT2D eigenvalue weighted by Gasteiger charge is 2.40. The van der Waals surface area contributed by atoms with Crippen molar-refractivity contribution in [2.75, 3.05) is 33.9 Å². The van der Waals surface area contributed by atoms with Crippen molar-refractivity contribution >= 4 is 12.1 Å². The standard InChI is InChI=1S/C25H38N2O6/c1-15(2)9-17-13-27-8-7-16-11-21(31-5)22(32-6)12-19(16)20(27)10-18(17)14-33-24(30)26-25(3,4)23(28)29/h11-12,15,17-18,20H,7-10,13-14H2,1-6H3,(H,26,30)(H,28,29)/t17-,18+,20-/m1/s1. The Morgan fingerprint density at radius 3 is 2.45 bits per heavy atom. The van der Waals surface area contributed by atoms with Crippen molar-refractivity contribution in [3.05, 3.63) is 23.3 Å². The van der Waals surface area contributed by atoms with Gasteiger partial charge in [-0.05, 0) is 74.1 Å². The summed E-state index contributed by atoms with van der Waals surface area (Å²) in [4.78, 5) is 26.2. The normalized spacial score (nSPS) is 22.8. The molecule has 33 heavy (non-hydrogen) atoms. The van der Waals surface area contributed by atoms with Crippen molar-refractivity contribution in [2.24, 2.45) is 17.8 Å². The highest BCUT2D eigenvalue weighted by Crippen LogP contribution is 2.45. The van der Waals surface area contributed by atoms with Gasteiger partial charge in [0.05, 0.1) is 20.8 Å². The molecule has 0 radical (unpaired) electrons. The van der Waals surface area contributed by atoms with Crippen LogP contribution in [-0.2, 0) is 16.0 Å². The summed E-state index contributed by atoms with van der Waals surface area (Å²) >= 11 is 0. The number of nitrogens with zero attached hydrogens (tertiary/aromatic N) is 1. The molecule has 3 atom stereocenters. The largest absolute Gasteiger partial charge is 0.493 e. The Balaban J connectivity index is 1.78. The number of nitrogens with one attached hydrogen (secondary N) is 1. The van der Waals surface area contributed by atoms with Crippen LogP contribution in [0, 0.1) is 17.8 Å². The summed E-state index contributed by atoms with van der Waals surface area (Å²) in [6.07, 6.45) is 2.20. The maximum absolute atomic E-state index is 12.3. The molecule has 1 aromatic rings. The number of carbonyl (C=O) groups is 2. The molecule has 0 spiro atoms. The Hall–Kier alpha value is -2.48. The highest BCUT2D eigenvalue weighted by atomic mass is 16.5. The predicted octanol–water partition coefficient (Wildman–Crippen LogP) is 3.87. The fourth-order valence-corrected chi connectivity index (χ4v) is 5.11. The molecular weight excluding hydrogens is 424 g/mol. The lowest BCUT2D eigenvalue weighted by Crippen LogP contribution is -2.51. The topological polar surface area (TPSA) is 97.3 Å². The number of fused-ring (bicyclic) bond motifs is 3. The van der Waals surface area contributed by atoms with Crippen LogP contribution in [-0.4, -0.2) is 61.5 Å². The van der Waals surface area contributed by atoms with Gasteiger partial charge in [-0.15, -0.1) is 0 Å². The molecule has 0 aliphatic carbocycles. The van der Waals surface area contributed by atoms with Gasteiger partial charge < -0.3 is 24.6 Å². The number of aliphatic carboxylic acids is 1. The number of hydrogen-bond acceptors (Lipinski definition) is 6. The summed E-state index contributed by atoms with van der Waals surface area (Å²) in [5.41, 5.74) is 1.15. The number of ether oxygens (including phenoxy) is 3. The van der Waals surface area contributed by atoms with Gasteiger partial charge in [-0.2, -0.15) is 0 Å². The summed E-state index contributed by atoms with van der Waals surface area (Å²) in [6, 6.07) is 4.40. The number of amides is 1. The maximum atomic E-state index is 12.3. The molecule has 8 heteroatoms. The second-order valence-corrected chi connectivity index (χ2v) is 10.2. The quantitative estimate of drug-likeness (QED) is 0.605. The van der Waals surface area contributed by atoms with Gasteiger partial charge in [0, 0.05) is 19.1 Å². The molecule has 8 nitrogen and oxygen atoms in total.